The monoisotopic (exact) mass is 725 g/mol. The first-order valence-corrected chi connectivity index (χ1v) is 19.1. The summed E-state index contributed by atoms with van der Waals surface area (Å²) in [6.45, 7) is 9.32. The molecule has 0 aromatic heterocycles. The van der Waals surface area contributed by atoms with Gasteiger partial charge in [-0.2, -0.15) is 0 Å². The smallest absolute Gasteiger partial charge is 0.325 e. The number of hydrogen-bond acceptors (Lipinski definition) is 9. The summed E-state index contributed by atoms with van der Waals surface area (Å²) in [5.74, 6) is -5.20. The third-order valence-electron chi connectivity index (χ3n) is 9.38. The Morgan fingerprint density at radius 2 is 1.29 bits per heavy atom. The second-order valence-electron chi connectivity index (χ2n) is 14.4. The normalized spacial score (nSPS) is 25.6. The highest BCUT2D eigenvalue weighted by atomic mass is 16.5. The standard InChI is InChI=1S/C37H67N5O9/c1-8-10-11-12-13-14-15-16-17-18-20-30-25(5)37(50)42(7)29(21-24(3)4)35(48)39-27(19-9-2)33(46)40-28(23-43)34(47)41-32(26(6)44)36(49)38-22-31(45)51-30/h24-30,32,43-44H,8-23H2,1-7H3,(H,38,49)(H,39,48)(H,40,46)(H,41,47)/t25-,26+,27+,28+,29+,30-,32+/m1/s1. The third kappa shape index (κ3) is 16.7. The number of rotatable bonds is 17. The number of aliphatic hydroxyl groups excluding tert-OH is 2. The average molecular weight is 726 g/mol. The van der Waals surface area contributed by atoms with Crippen molar-refractivity contribution >= 4 is 35.5 Å². The van der Waals surface area contributed by atoms with Crippen LogP contribution in [0.3, 0.4) is 0 Å². The van der Waals surface area contributed by atoms with Gasteiger partial charge in [0, 0.05) is 7.05 Å². The Kier molecular flexibility index (Phi) is 22.3. The Balaban J connectivity index is 3.36. The van der Waals surface area contributed by atoms with E-state index < -0.39 is 91.0 Å². The highest BCUT2D eigenvalue weighted by Gasteiger charge is 2.37. The number of nitrogens with one attached hydrogen (secondary N) is 4. The fourth-order valence-corrected chi connectivity index (χ4v) is 6.20. The lowest BCUT2D eigenvalue weighted by Gasteiger charge is -2.34. The molecule has 0 spiro atoms. The molecule has 14 heteroatoms. The highest BCUT2D eigenvalue weighted by Crippen LogP contribution is 2.22. The quantitative estimate of drug-likeness (QED) is 0.0962. The van der Waals surface area contributed by atoms with Crippen molar-refractivity contribution in [1.29, 1.82) is 0 Å². The Morgan fingerprint density at radius 1 is 0.745 bits per heavy atom. The number of amides is 5. The molecule has 0 aromatic carbocycles. The van der Waals surface area contributed by atoms with E-state index >= 15 is 0 Å². The van der Waals surface area contributed by atoms with Gasteiger partial charge < -0.3 is 41.1 Å². The molecule has 0 unspecified atom stereocenters. The molecule has 0 aliphatic carbocycles. The van der Waals surface area contributed by atoms with Crippen molar-refractivity contribution in [3.05, 3.63) is 0 Å². The SMILES string of the molecule is CCCCCCCCCCCC[C@H]1OC(=O)CNC(=O)[C@H]([C@H](C)O)NC(=O)[C@H](CO)NC(=O)[C@H](CCC)NC(=O)[C@H](CC(C)C)N(C)C(=O)[C@@H]1C. The van der Waals surface area contributed by atoms with E-state index in [1.165, 1.54) is 51.0 Å². The van der Waals surface area contributed by atoms with E-state index in [1.807, 2.05) is 20.8 Å². The molecule has 5 amide bonds. The van der Waals surface area contributed by atoms with Crippen LogP contribution in [0.5, 0.6) is 0 Å². The second-order valence-corrected chi connectivity index (χ2v) is 14.4. The number of nitrogens with zero attached hydrogens (tertiary/aromatic N) is 1. The van der Waals surface area contributed by atoms with E-state index in [1.54, 1.807) is 6.92 Å². The molecular weight excluding hydrogens is 658 g/mol. The zero-order chi connectivity index (χ0) is 38.5. The summed E-state index contributed by atoms with van der Waals surface area (Å²) in [6, 6.07) is -5.09. The van der Waals surface area contributed by atoms with Crippen LogP contribution in [0.1, 0.15) is 131 Å². The summed E-state index contributed by atoms with van der Waals surface area (Å²) >= 11 is 0. The predicted octanol–water partition coefficient (Wildman–Crippen LogP) is 2.48. The summed E-state index contributed by atoms with van der Waals surface area (Å²) < 4.78 is 5.80. The van der Waals surface area contributed by atoms with Crippen molar-refractivity contribution in [1.82, 2.24) is 26.2 Å². The number of esters is 1. The maximum absolute atomic E-state index is 14.0. The van der Waals surface area contributed by atoms with Crippen LogP contribution in [0.2, 0.25) is 0 Å². The number of likely N-dealkylation sites (N-methyl/N-ethyl adjacent to an activating group) is 1. The van der Waals surface area contributed by atoms with Crippen molar-refractivity contribution in [2.24, 2.45) is 11.8 Å². The lowest BCUT2D eigenvalue weighted by atomic mass is 9.94. The zero-order valence-electron chi connectivity index (χ0n) is 32.1. The number of hydrogen-bond donors (Lipinski definition) is 6. The summed E-state index contributed by atoms with van der Waals surface area (Å²) in [5.41, 5.74) is 0. The molecule has 0 aromatic rings. The van der Waals surface area contributed by atoms with E-state index in [9.17, 15) is 39.0 Å². The Bertz CT molecular complexity index is 1100. The van der Waals surface area contributed by atoms with Crippen LogP contribution in [0.25, 0.3) is 0 Å². The van der Waals surface area contributed by atoms with Crippen LogP contribution in [0.4, 0.5) is 0 Å². The molecule has 1 fully saturated rings. The predicted molar refractivity (Wildman–Crippen MR) is 194 cm³/mol. The lowest BCUT2D eigenvalue weighted by molar-refractivity contribution is -0.157. The Labute approximate surface area is 305 Å². The van der Waals surface area contributed by atoms with Crippen LogP contribution < -0.4 is 21.3 Å². The molecule has 1 aliphatic rings. The number of aliphatic hydroxyl groups is 2. The lowest BCUT2D eigenvalue weighted by Crippen LogP contribution is -2.60. The van der Waals surface area contributed by atoms with Crippen LogP contribution in [0.15, 0.2) is 0 Å². The molecule has 1 aliphatic heterocycles. The maximum atomic E-state index is 14.0. The highest BCUT2D eigenvalue weighted by molar-refractivity contribution is 5.96. The Morgan fingerprint density at radius 3 is 1.82 bits per heavy atom. The van der Waals surface area contributed by atoms with Gasteiger partial charge in [0.1, 0.15) is 36.8 Å². The largest absolute Gasteiger partial charge is 0.460 e. The van der Waals surface area contributed by atoms with Crippen molar-refractivity contribution in [3.8, 4) is 0 Å². The first-order valence-electron chi connectivity index (χ1n) is 19.1. The molecule has 294 valence electrons. The van der Waals surface area contributed by atoms with Crippen LogP contribution in [0, 0.1) is 11.8 Å². The van der Waals surface area contributed by atoms with E-state index in [4.69, 9.17) is 4.74 Å². The molecule has 0 saturated carbocycles. The van der Waals surface area contributed by atoms with Gasteiger partial charge in [0.25, 0.3) is 0 Å². The Hall–Kier alpha value is -3.26. The summed E-state index contributed by atoms with van der Waals surface area (Å²) in [7, 11) is 1.52. The van der Waals surface area contributed by atoms with Gasteiger partial charge in [0.05, 0.1) is 18.6 Å². The number of carbonyl (C=O) groups excluding carboxylic acids is 6. The minimum atomic E-state index is -1.53. The molecular formula is C37H67N5O9. The summed E-state index contributed by atoms with van der Waals surface area (Å²) in [4.78, 5) is 81.6. The van der Waals surface area contributed by atoms with Crippen LogP contribution in [-0.4, -0.2) is 107 Å². The molecule has 6 N–H and O–H groups in total. The number of carbonyl (C=O) groups is 6. The number of unbranched alkanes of at least 4 members (excludes halogenated alkanes) is 9. The van der Waals surface area contributed by atoms with Gasteiger partial charge in [-0.25, -0.2) is 0 Å². The topological polar surface area (TPSA) is 203 Å². The fraction of sp³-hybridized carbons (Fsp3) is 0.838. The summed E-state index contributed by atoms with van der Waals surface area (Å²) in [6.07, 6.45) is 10.2. The first kappa shape index (κ1) is 45.8. The third-order valence-corrected chi connectivity index (χ3v) is 9.38. The molecule has 7 atom stereocenters. The van der Waals surface area contributed by atoms with Crippen molar-refractivity contribution in [3.63, 3.8) is 0 Å². The molecule has 0 radical (unpaired) electrons. The van der Waals surface area contributed by atoms with E-state index in [-0.39, 0.29) is 12.3 Å². The van der Waals surface area contributed by atoms with Gasteiger partial charge in [0.15, 0.2) is 0 Å². The average Bonchev–Trinajstić information content (AvgIpc) is 3.08. The molecule has 0 bridgehead atoms. The van der Waals surface area contributed by atoms with Crippen molar-refractivity contribution < 1.29 is 43.7 Å². The molecule has 1 heterocycles. The van der Waals surface area contributed by atoms with Crippen molar-refractivity contribution in [2.75, 3.05) is 20.2 Å². The van der Waals surface area contributed by atoms with E-state index in [0.29, 0.717) is 25.7 Å². The van der Waals surface area contributed by atoms with Gasteiger partial charge in [-0.15, -0.1) is 0 Å². The summed E-state index contributed by atoms with van der Waals surface area (Å²) in [5, 5.41) is 30.1. The van der Waals surface area contributed by atoms with Crippen LogP contribution >= 0.6 is 0 Å². The van der Waals surface area contributed by atoms with Gasteiger partial charge in [-0.3, -0.25) is 28.8 Å². The molecule has 14 nitrogen and oxygen atoms in total. The minimum Gasteiger partial charge on any atom is -0.460 e. The van der Waals surface area contributed by atoms with E-state index in [0.717, 1.165) is 25.7 Å². The molecule has 51 heavy (non-hydrogen) atoms. The number of cyclic esters (lactones) is 1. The zero-order valence-corrected chi connectivity index (χ0v) is 32.1. The fourth-order valence-electron chi connectivity index (χ4n) is 6.20. The van der Waals surface area contributed by atoms with Gasteiger partial charge in [-0.05, 0) is 38.5 Å². The maximum Gasteiger partial charge on any atom is 0.325 e. The first-order chi connectivity index (χ1) is 24.2. The van der Waals surface area contributed by atoms with Gasteiger partial charge >= 0.3 is 5.97 Å². The minimum absolute atomic E-state index is 0.000394. The van der Waals surface area contributed by atoms with Crippen molar-refractivity contribution in [2.45, 2.75) is 168 Å². The second kappa shape index (κ2) is 24.8. The molecule has 1 saturated heterocycles. The van der Waals surface area contributed by atoms with Gasteiger partial charge in [-0.1, -0.05) is 98.8 Å². The van der Waals surface area contributed by atoms with E-state index in [2.05, 4.69) is 28.2 Å². The number of ether oxygens (including phenoxy) is 1. The van der Waals surface area contributed by atoms with Gasteiger partial charge in [0.2, 0.25) is 29.5 Å². The molecule has 1 rings (SSSR count). The van der Waals surface area contributed by atoms with Crippen LogP contribution in [-0.2, 0) is 33.5 Å².